The summed E-state index contributed by atoms with van der Waals surface area (Å²) in [5, 5.41) is 2.46. The smallest absolute Gasteiger partial charge is 0.387 e. The zero-order valence-electron chi connectivity index (χ0n) is 11.0. The van der Waals surface area contributed by atoms with Crippen molar-refractivity contribution in [3.63, 3.8) is 0 Å². The summed E-state index contributed by atoms with van der Waals surface area (Å²) in [5.74, 6) is -1.94. The van der Waals surface area contributed by atoms with Gasteiger partial charge in [0.25, 0.3) is 5.91 Å². The molecule has 0 atom stereocenters. The highest BCUT2D eigenvalue weighted by molar-refractivity contribution is 5.96. The number of amides is 1. The maximum atomic E-state index is 13.0. The fourth-order valence-electron chi connectivity index (χ4n) is 1.28. The summed E-state index contributed by atoms with van der Waals surface area (Å²) in [5.41, 5.74) is 4.85. The number of nitrogens with two attached hydrogens (primary N) is 1. The lowest BCUT2D eigenvalue weighted by Crippen LogP contribution is -2.45. The first-order valence-corrected chi connectivity index (χ1v) is 5.50. The van der Waals surface area contributed by atoms with E-state index in [0.29, 0.717) is 0 Å². The minimum absolute atomic E-state index is 0. The molecule has 1 amide bonds. The van der Waals surface area contributed by atoms with Gasteiger partial charge in [0.05, 0.1) is 5.56 Å². The van der Waals surface area contributed by atoms with Crippen molar-refractivity contribution in [2.75, 3.05) is 6.54 Å². The van der Waals surface area contributed by atoms with Crippen LogP contribution in [-0.2, 0) is 0 Å². The monoisotopic (exact) mass is 312 g/mol. The molecule has 0 heterocycles. The van der Waals surface area contributed by atoms with Crippen LogP contribution in [0.5, 0.6) is 5.75 Å². The number of carbonyl (C=O) groups excluding carboxylic acids is 1. The average molecular weight is 313 g/mol. The van der Waals surface area contributed by atoms with Gasteiger partial charge in [-0.05, 0) is 26.0 Å². The highest BCUT2D eigenvalue weighted by atomic mass is 35.5. The second-order valence-corrected chi connectivity index (χ2v) is 4.69. The Morgan fingerprint density at radius 3 is 2.55 bits per heavy atom. The van der Waals surface area contributed by atoms with Gasteiger partial charge in [-0.15, -0.1) is 12.4 Å². The van der Waals surface area contributed by atoms with Crippen LogP contribution in [-0.4, -0.2) is 24.6 Å². The molecule has 4 nitrogen and oxygen atoms in total. The summed E-state index contributed by atoms with van der Waals surface area (Å²) in [7, 11) is 0. The van der Waals surface area contributed by atoms with Gasteiger partial charge in [0.2, 0.25) is 0 Å². The largest absolute Gasteiger partial charge is 0.434 e. The topological polar surface area (TPSA) is 64.3 Å². The molecule has 0 aliphatic rings. The van der Waals surface area contributed by atoms with Crippen LogP contribution < -0.4 is 15.8 Å². The van der Waals surface area contributed by atoms with E-state index in [9.17, 15) is 18.0 Å². The Bertz CT molecular complexity index is 465. The zero-order chi connectivity index (χ0) is 14.6. The van der Waals surface area contributed by atoms with Gasteiger partial charge < -0.3 is 15.8 Å². The van der Waals surface area contributed by atoms with Crippen LogP contribution >= 0.6 is 12.4 Å². The molecular weight excluding hydrogens is 297 g/mol. The fraction of sp³-hybridized carbons (Fsp3) is 0.417. The number of alkyl halides is 2. The first-order chi connectivity index (χ1) is 8.69. The maximum Gasteiger partial charge on any atom is 0.387 e. The predicted molar refractivity (Wildman–Crippen MR) is 70.9 cm³/mol. The van der Waals surface area contributed by atoms with Gasteiger partial charge >= 0.3 is 6.61 Å². The van der Waals surface area contributed by atoms with E-state index < -0.39 is 29.6 Å². The van der Waals surface area contributed by atoms with Gasteiger partial charge in [0, 0.05) is 18.2 Å². The van der Waals surface area contributed by atoms with Gasteiger partial charge in [-0.2, -0.15) is 8.78 Å². The molecule has 0 bridgehead atoms. The molecule has 20 heavy (non-hydrogen) atoms. The van der Waals surface area contributed by atoms with E-state index in [1.807, 2.05) is 0 Å². The van der Waals surface area contributed by atoms with E-state index in [4.69, 9.17) is 5.73 Å². The lowest BCUT2D eigenvalue weighted by Gasteiger charge is -2.19. The molecule has 0 aromatic heterocycles. The normalized spacial score (nSPS) is 10.9. The third-order valence-electron chi connectivity index (χ3n) is 2.11. The van der Waals surface area contributed by atoms with Crippen molar-refractivity contribution in [2.45, 2.75) is 26.0 Å². The second kappa shape index (κ2) is 7.35. The number of halogens is 4. The van der Waals surface area contributed by atoms with Gasteiger partial charge in [0.1, 0.15) is 11.6 Å². The minimum atomic E-state index is -3.14. The highest BCUT2D eigenvalue weighted by Crippen LogP contribution is 2.22. The summed E-state index contributed by atoms with van der Waals surface area (Å²) in [6, 6.07) is 2.79. The Morgan fingerprint density at radius 2 is 2.05 bits per heavy atom. The molecular formula is C12H16ClF3N2O2. The Hall–Kier alpha value is -1.47. The highest BCUT2D eigenvalue weighted by Gasteiger charge is 2.19. The van der Waals surface area contributed by atoms with Crippen LogP contribution in [0, 0.1) is 5.82 Å². The minimum Gasteiger partial charge on any atom is -0.434 e. The third-order valence-corrected chi connectivity index (χ3v) is 2.11. The van der Waals surface area contributed by atoms with Crippen LogP contribution in [0.15, 0.2) is 18.2 Å². The molecule has 0 spiro atoms. The number of ether oxygens (including phenoxy) is 1. The van der Waals surface area contributed by atoms with Crippen molar-refractivity contribution in [3.05, 3.63) is 29.6 Å². The fourth-order valence-corrected chi connectivity index (χ4v) is 1.28. The number of nitrogens with one attached hydrogen (secondary N) is 1. The summed E-state index contributed by atoms with van der Waals surface area (Å²) in [6.07, 6.45) is 0. The van der Waals surface area contributed by atoms with Crippen molar-refractivity contribution in [1.29, 1.82) is 0 Å². The number of benzene rings is 1. The lowest BCUT2D eigenvalue weighted by atomic mass is 10.1. The summed E-state index contributed by atoms with van der Waals surface area (Å²) in [4.78, 5) is 11.8. The van der Waals surface area contributed by atoms with Crippen molar-refractivity contribution in [3.8, 4) is 5.75 Å². The predicted octanol–water partition coefficient (Wildman–Crippen LogP) is 2.32. The molecule has 8 heteroatoms. The average Bonchev–Trinajstić information content (AvgIpc) is 2.24. The Kier molecular flexibility index (Phi) is 6.81. The van der Waals surface area contributed by atoms with Gasteiger partial charge in [-0.1, -0.05) is 0 Å². The molecule has 1 rings (SSSR count). The SMILES string of the molecule is CC(C)(N)CNC(=O)c1ccc(F)cc1OC(F)F.Cl. The van der Waals surface area contributed by atoms with Crippen LogP contribution in [0.1, 0.15) is 24.2 Å². The van der Waals surface area contributed by atoms with Gasteiger partial charge in [-0.25, -0.2) is 4.39 Å². The van der Waals surface area contributed by atoms with E-state index in [1.54, 1.807) is 13.8 Å². The first kappa shape index (κ1) is 18.5. The van der Waals surface area contributed by atoms with E-state index in [2.05, 4.69) is 10.1 Å². The summed E-state index contributed by atoms with van der Waals surface area (Å²) < 4.78 is 41.4. The van der Waals surface area contributed by atoms with Gasteiger partial charge in [-0.3, -0.25) is 4.79 Å². The second-order valence-electron chi connectivity index (χ2n) is 4.69. The molecule has 0 saturated carbocycles. The van der Waals surface area contributed by atoms with Crippen LogP contribution in [0.4, 0.5) is 13.2 Å². The van der Waals surface area contributed by atoms with Crippen molar-refractivity contribution in [2.24, 2.45) is 5.73 Å². The number of hydrogen-bond donors (Lipinski definition) is 2. The standard InChI is InChI=1S/C12H15F3N2O2.ClH/c1-12(2,16)6-17-10(18)8-4-3-7(13)5-9(8)19-11(14)15;/h3-5,11H,6,16H2,1-2H3,(H,17,18);1H. The molecule has 0 aliphatic heterocycles. The molecule has 0 radical (unpaired) electrons. The molecule has 114 valence electrons. The summed E-state index contributed by atoms with van der Waals surface area (Å²) >= 11 is 0. The Balaban J connectivity index is 0.00000361. The van der Waals surface area contributed by atoms with Crippen molar-refractivity contribution in [1.82, 2.24) is 5.32 Å². The molecule has 0 fully saturated rings. The van der Waals surface area contributed by atoms with Crippen LogP contribution in [0.25, 0.3) is 0 Å². The third kappa shape index (κ3) is 6.12. The van der Waals surface area contributed by atoms with E-state index in [-0.39, 0.29) is 24.5 Å². The first-order valence-electron chi connectivity index (χ1n) is 5.50. The van der Waals surface area contributed by atoms with Gasteiger partial charge in [0.15, 0.2) is 0 Å². The molecule has 3 N–H and O–H groups in total. The molecule has 1 aromatic carbocycles. The Morgan fingerprint density at radius 1 is 1.45 bits per heavy atom. The number of hydrogen-bond acceptors (Lipinski definition) is 3. The zero-order valence-corrected chi connectivity index (χ0v) is 11.8. The number of carbonyl (C=O) groups is 1. The van der Waals surface area contributed by atoms with Crippen LogP contribution in [0.2, 0.25) is 0 Å². The molecule has 0 aliphatic carbocycles. The van der Waals surface area contributed by atoms with Crippen molar-refractivity contribution >= 4 is 18.3 Å². The van der Waals surface area contributed by atoms with E-state index in [1.165, 1.54) is 0 Å². The van der Waals surface area contributed by atoms with Crippen molar-refractivity contribution < 1.29 is 22.7 Å². The molecule has 0 saturated heterocycles. The van der Waals surface area contributed by atoms with Crippen LogP contribution in [0.3, 0.4) is 0 Å². The maximum absolute atomic E-state index is 13.0. The summed E-state index contributed by atoms with van der Waals surface area (Å²) in [6.45, 7) is 0.375. The van der Waals surface area contributed by atoms with E-state index >= 15 is 0 Å². The van der Waals surface area contributed by atoms with E-state index in [0.717, 1.165) is 18.2 Å². The molecule has 0 unspecified atom stereocenters. The lowest BCUT2D eigenvalue weighted by molar-refractivity contribution is -0.0503. The Labute approximate surface area is 120 Å². The quantitative estimate of drug-likeness (QED) is 0.877. The number of rotatable bonds is 5. The molecule has 1 aromatic rings.